The number of benzene rings is 1. The number of hydrogen-bond acceptors (Lipinski definition) is 3. The molecule has 1 fully saturated rings. The van der Waals surface area contributed by atoms with Crippen molar-refractivity contribution >= 4 is 11.6 Å². The Morgan fingerprint density at radius 1 is 1.26 bits per heavy atom. The van der Waals surface area contributed by atoms with Gasteiger partial charge in [-0.25, -0.2) is 9.97 Å². The smallest absolute Gasteiger partial charge is 0.133 e. The Hall–Kier alpha value is -1.61. The molecule has 1 heterocycles. The average Bonchev–Trinajstić information content (AvgIpc) is 3.23. The zero-order chi connectivity index (χ0) is 13.2. The first-order chi connectivity index (χ1) is 9.28. The lowest BCUT2D eigenvalue weighted by molar-refractivity contribution is 0.341. The largest absolute Gasteiger partial charge is 0.493 e. The second kappa shape index (κ2) is 5.17. The molecule has 2 aromatic rings. The van der Waals surface area contributed by atoms with Crippen LogP contribution in [0.4, 0.5) is 0 Å². The Bertz CT molecular complexity index is 596. The highest BCUT2D eigenvalue weighted by Crippen LogP contribution is 2.39. The van der Waals surface area contributed by atoms with Crippen LogP contribution in [0.1, 0.15) is 31.5 Å². The van der Waals surface area contributed by atoms with E-state index in [2.05, 4.69) is 9.97 Å². The number of ether oxygens (including phenoxy) is 1. The van der Waals surface area contributed by atoms with Gasteiger partial charge in [-0.1, -0.05) is 23.7 Å². The van der Waals surface area contributed by atoms with Crippen LogP contribution in [0.25, 0.3) is 11.3 Å². The van der Waals surface area contributed by atoms with E-state index in [-0.39, 0.29) is 0 Å². The summed E-state index contributed by atoms with van der Waals surface area (Å²) in [7, 11) is 0. The summed E-state index contributed by atoms with van der Waals surface area (Å²) < 4.78 is 5.64. The van der Waals surface area contributed by atoms with Gasteiger partial charge in [-0.2, -0.15) is 0 Å². The number of hydrogen-bond donors (Lipinski definition) is 0. The molecule has 4 heteroatoms. The first-order valence-electron chi connectivity index (χ1n) is 6.54. The van der Waals surface area contributed by atoms with E-state index >= 15 is 0 Å². The first-order valence-corrected chi connectivity index (χ1v) is 6.92. The summed E-state index contributed by atoms with van der Waals surface area (Å²) in [5.41, 5.74) is 1.81. The Morgan fingerprint density at radius 2 is 2.05 bits per heavy atom. The minimum Gasteiger partial charge on any atom is -0.493 e. The Labute approximate surface area is 117 Å². The fraction of sp³-hybridized carbons (Fsp3) is 0.333. The first kappa shape index (κ1) is 12.4. The standard InChI is InChI=1S/C15H15ClN2O/c1-2-19-13-6-4-3-5-11(13)12-9-14(16)18-15(17-12)10-7-8-10/h3-6,9-10H,2,7-8H2,1H3. The van der Waals surface area contributed by atoms with Crippen molar-refractivity contribution in [3.63, 3.8) is 0 Å². The molecule has 0 bridgehead atoms. The highest BCUT2D eigenvalue weighted by molar-refractivity contribution is 6.29. The van der Waals surface area contributed by atoms with Crippen LogP contribution in [0.5, 0.6) is 5.75 Å². The van der Waals surface area contributed by atoms with Crippen molar-refractivity contribution in [1.82, 2.24) is 9.97 Å². The fourth-order valence-corrected chi connectivity index (χ4v) is 2.25. The predicted octanol–water partition coefficient (Wildman–Crippen LogP) is 4.07. The van der Waals surface area contributed by atoms with Gasteiger partial charge in [0, 0.05) is 17.5 Å². The van der Waals surface area contributed by atoms with Crippen LogP contribution in [-0.2, 0) is 0 Å². The van der Waals surface area contributed by atoms with Crippen LogP contribution < -0.4 is 4.74 Å². The molecular weight excluding hydrogens is 260 g/mol. The maximum Gasteiger partial charge on any atom is 0.133 e. The van der Waals surface area contributed by atoms with Crippen LogP contribution >= 0.6 is 11.6 Å². The second-order valence-electron chi connectivity index (χ2n) is 4.64. The van der Waals surface area contributed by atoms with Crippen LogP contribution in [0.15, 0.2) is 30.3 Å². The molecule has 19 heavy (non-hydrogen) atoms. The van der Waals surface area contributed by atoms with E-state index in [0.29, 0.717) is 17.7 Å². The molecule has 98 valence electrons. The van der Waals surface area contributed by atoms with Gasteiger partial charge in [0.2, 0.25) is 0 Å². The van der Waals surface area contributed by atoms with E-state index in [9.17, 15) is 0 Å². The van der Waals surface area contributed by atoms with Crippen LogP contribution in [0.3, 0.4) is 0 Å². The predicted molar refractivity (Wildman–Crippen MR) is 75.6 cm³/mol. The molecule has 0 unspecified atom stereocenters. The molecule has 1 aromatic carbocycles. The van der Waals surface area contributed by atoms with Crippen LogP contribution in [-0.4, -0.2) is 16.6 Å². The molecular formula is C15H15ClN2O. The number of para-hydroxylation sites is 1. The molecule has 0 amide bonds. The molecule has 1 aromatic heterocycles. The molecule has 0 saturated heterocycles. The molecule has 0 N–H and O–H groups in total. The third-order valence-corrected chi connectivity index (χ3v) is 3.31. The number of halogens is 1. The maximum absolute atomic E-state index is 6.11. The van der Waals surface area contributed by atoms with Gasteiger partial charge in [0.25, 0.3) is 0 Å². The fourth-order valence-electron chi connectivity index (χ4n) is 2.06. The zero-order valence-corrected chi connectivity index (χ0v) is 11.5. The van der Waals surface area contributed by atoms with Gasteiger partial charge in [-0.3, -0.25) is 0 Å². The second-order valence-corrected chi connectivity index (χ2v) is 5.02. The molecule has 0 radical (unpaired) electrons. The van der Waals surface area contributed by atoms with Crippen molar-refractivity contribution in [2.45, 2.75) is 25.7 Å². The summed E-state index contributed by atoms with van der Waals surface area (Å²) in [6, 6.07) is 9.68. The van der Waals surface area contributed by atoms with Crippen molar-refractivity contribution in [3.8, 4) is 17.0 Å². The minimum absolute atomic E-state index is 0.483. The maximum atomic E-state index is 6.11. The summed E-state index contributed by atoms with van der Waals surface area (Å²) in [5.74, 6) is 2.17. The molecule has 1 aliphatic carbocycles. The van der Waals surface area contributed by atoms with Gasteiger partial charge in [0.05, 0.1) is 12.3 Å². The van der Waals surface area contributed by atoms with E-state index in [4.69, 9.17) is 16.3 Å². The lowest BCUT2D eigenvalue weighted by Gasteiger charge is -2.10. The zero-order valence-electron chi connectivity index (χ0n) is 10.8. The summed E-state index contributed by atoms with van der Waals surface area (Å²) in [6.45, 7) is 2.60. The Kier molecular flexibility index (Phi) is 3.38. The minimum atomic E-state index is 0.483. The monoisotopic (exact) mass is 274 g/mol. The normalized spacial score (nSPS) is 14.4. The highest BCUT2D eigenvalue weighted by Gasteiger charge is 2.27. The molecule has 0 spiro atoms. The summed E-state index contributed by atoms with van der Waals surface area (Å²) in [5, 5.41) is 0.498. The third-order valence-electron chi connectivity index (χ3n) is 3.12. The van der Waals surface area contributed by atoms with E-state index in [1.807, 2.05) is 31.2 Å². The van der Waals surface area contributed by atoms with Crippen molar-refractivity contribution in [3.05, 3.63) is 41.3 Å². The van der Waals surface area contributed by atoms with Crippen LogP contribution in [0, 0.1) is 0 Å². The van der Waals surface area contributed by atoms with E-state index < -0.39 is 0 Å². The third kappa shape index (κ3) is 2.71. The SMILES string of the molecule is CCOc1ccccc1-c1cc(Cl)nc(C2CC2)n1. The highest BCUT2D eigenvalue weighted by atomic mass is 35.5. The van der Waals surface area contributed by atoms with Gasteiger partial charge in [0.15, 0.2) is 0 Å². The Balaban J connectivity index is 2.05. The van der Waals surface area contributed by atoms with Crippen molar-refractivity contribution in [2.24, 2.45) is 0 Å². The molecule has 0 atom stereocenters. The van der Waals surface area contributed by atoms with Gasteiger partial charge in [-0.05, 0) is 31.9 Å². The van der Waals surface area contributed by atoms with Gasteiger partial charge in [0.1, 0.15) is 16.7 Å². The average molecular weight is 275 g/mol. The Morgan fingerprint density at radius 3 is 2.79 bits per heavy atom. The number of aromatic nitrogens is 2. The van der Waals surface area contributed by atoms with Gasteiger partial charge >= 0.3 is 0 Å². The van der Waals surface area contributed by atoms with E-state index in [0.717, 1.165) is 35.7 Å². The quantitative estimate of drug-likeness (QED) is 0.788. The summed E-state index contributed by atoms with van der Waals surface area (Å²) >= 11 is 6.11. The summed E-state index contributed by atoms with van der Waals surface area (Å²) in [6.07, 6.45) is 2.32. The number of nitrogens with zero attached hydrogens (tertiary/aromatic N) is 2. The van der Waals surface area contributed by atoms with Gasteiger partial charge in [-0.15, -0.1) is 0 Å². The number of rotatable bonds is 4. The molecule has 1 aliphatic rings. The molecule has 1 saturated carbocycles. The molecule has 3 nitrogen and oxygen atoms in total. The van der Waals surface area contributed by atoms with E-state index in [1.54, 1.807) is 6.07 Å². The topological polar surface area (TPSA) is 35.0 Å². The van der Waals surface area contributed by atoms with Gasteiger partial charge < -0.3 is 4.74 Å². The molecule has 0 aliphatic heterocycles. The lowest BCUT2D eigenvalue weighted by Crippen LogP contribution is -1.98. The van der Waals surface area contributed by atoms with Crippen LogP contribution in [0.2, 0.25) is 5.15 Å². The summed E-state index contributed by atoms with van der Waals surface area (Å²) in [4.78, 5) is 8.94. The molecule has 3 rings (SSSR count). The lowest BCUT2D eigenvalue weighted by atomic mass is 10.1. The van der Waals surface area contributed by atoms with Crippen molar-refractivity contribution < 1.29 is 4.74 Å². The van der Waals surface area contributed by atoms with E-state index in [1.165, 1.54) is 0 Å². The van der Waals surface area contributed by atoms with Crippen molar-refractivity contribution in [1.29, 1.82) is 0 Å². The van der Waals surface area contributed by atoms with Crippen molar-refractivity contribution in [2.75, 3.05) is 6.61 Å².